The monoisotopic (exact) mass is 382 g/mol. The summed E-state index contributed by atoms with van der Waals surface area (Å²) in [5, 5.41) is 5.80. The molecular weight excluding hydrogens is 352 g/mol. The predicted octanol–water partition coefficient (Wildman–Crippen LogP) is 4.91. The van der Waals surface area contributed by atoms with Gasteiger partial charge in [0.1, 0.15) is 5.75 Å². The van der Waals surface area contributed by atoms with Crippen LogP contribution in [-0.2, 0) is 0 Å². The molecule has 0 aliphatic rings. The zero-order valence-electron chi connectivity index (χ0n) is 17.4. The molecule has 2 aromatic carbocycles. The standard InChI is InChI=1S/C23H30N2O3/c1-6-7-12-24-22(26)17-10-8-9-11-20(17)25-23(27)19-14-18(15(2)3)21(28-5)13-16(19)4/h8-11,13-15H,6-7,12H2,1-5H3,(H,24,26)(H,25,27). The van der Waals surface area contributed by atoms with Crippen LogP contribution in [0.25, 0.3) is 0 Å². The molecule has 0 aliphatic heterocycles. The minimum Gasteiger partial charge on any atom is -0.496 e. The lowest BCUT2D eigenvalue weighted by Crippen LogP contribution is -2.26. The Labute approximate surface area is 167 Å². The minimum absolute atomic E-state index is 0.182. The van der Waals surface area contributed by atoms with Crippen LogP contribution in [0.5, 0.6) is 5.75 Å². The van der Waals surface area contributed by atoms with Gasteiger partial charge in [-0.15, -0.1) is 0 Å². The molecular formula is C23H30N2O3. The number of anilines is 1. The Hall–Kier alpha value is -2.82. The average Bonchev–Trinajstić information content (AvgIpc) is 2.67. The Morgan fingerprint density at radius 3 is 2.43 bits per heavy atom. The van der Waals surface area contributed by atoms with E-state index in [1.165, 1.54) is 0 Å². The highest BCUT2D eigenvalue weighted by Crippen LogP contribution is 2.30. The number of methoxy groups -OCH3 is 1. The number of para-hydroxylation sites is 1. The molecule has 0 fully saturated rings. The molecule has 150 valence electrons. The normalized spacial score (nSPS) is 10.6. The highest BCUT2D eigenvalue weighted by molar-refractivity contribution is 6.09. The van der Waals surface area contributed by atoms with Gasteiger partial charge in [0.05, 0.1) is 18.4 Å². The van der Waals surface area contributed by atoms with E-state index in [1.54, 1.807) is 31.4 Å². The van der Waals surface area contributed by atoms with Crippen LogP contribution in [0, 0.1) is 6.92 Å². The Morgan fingerprint density at radius 2 is 1.79 bits per heavy atom. The molecule has 0 bridgehead atoms. The second-order valence-electron chi connectivity index (χ2n) is 7.17. The van der Waals surface area contributed by atoms with Crippen LogP contribution in [-0.4, -0.2) is 25.5 Å². The third-order valence-corrected chi connectivity index (χ3v) is 4.68. The summed E-state index contributed by atoms with van der Waals surface area (Å²) in [7, 11) is 1.63. The molecule has 0 unspecified atom stereocenters. The van der Waals surface area contributed by atoms with Crippen molar-refractivity contribution < 1.29 is 14.3 Å². The summed E-state index contributed by atoms with van der Waals surface area (Å²) < 4.78 is 5.45. The van der Waals surface area contributed by atoms with Crippen LogP contribution < -0.4 is 15.4 Å². The fourth-order valence-electron chi connectivity index (χ4n) is 3.02. The van der Waals surface area contributed by atoms with Crippen molar-refractivity contribution in [3.63, 3.8) is 0 Å². The van der Waals surface area contributed by atoms with Crippen molar-refractivity contribution in [1.82, 2.24) is 5.32 Å². The van der Waals surface area contributed by atoms with Crippen LogP contribution in [0.15, 0.2) is 36.4 Å². The molecule has 0 saturated carbocycles. The van der Waals surface area contributed by atoms with Gasteiger partial charge >= 0.3 is 0 Å². The van der Waals surface area contributed by atoms with Gasteiger partial charge < -0.3 is 15.4 Å². The van der Waals surface area contributed by atoms with Crippen molar-refractivity contribution in [3.05, 3.63) is 58.7 Å². The Bertz CT molecular complexity index is 844. The Kier molecular flexibility index (Phi) is 7.61. The molecule has 5 nitrogen and oxygen atoms in total. The van der Waals surface area contributed by atoms with E-state index in [1.807, 2.05) is 19.1 Å². The number of carbonyl (C=O) groups excluding carboxylic acids is 2. The summed E-state index contributed by atoms with van der Waals surface area (Å²) in [6.45, 7) is 8.69. The number of nitrogens with one attached hydrogen (secondary N) is 2. The molecule has 0 heterocycles. The van der Waals surface area contributed by atoms with E-state index < -0.39 is 0 Å². The van der Waals surface area contributed by atoms with Crippen molar-refractivity contribution >= 4 is 17.5 Å². The number of rotatable bonds is 8. The maximum Gasteiger partial charge on any atom is 0.255 e. The first-order valence-corrected chi connectivity index (χ1v) is 9.76. The van der Waals surface area contributed by atoms with Crippen LogP contribution in [0.1, 0.15) is 71.4 Å². The van der Waals surface area contributed by atoms with E-state index in [-0.39, 0.29) is 17.7 Å². The third-order valence-electron chi connectivity index (χ3n) is 4.68. The largest absolute Gasteiger partial charge is 0.496 e. The van der Waals surface area contributed by atoms with Crippen LogP contribution in [0.2, 0.25) is 0 Å². The fraction of sp³-hybridized carbons (Fsp3) is 0.391. The summed E-state index contributed by atoms with van der Waals surface area (Å²) in [6.07, 6.45) is 1.93. The number of carbonyl (C=O) groups is 2. The molecule has 0 aliphatic carbocycles. The summed E-state index contributed by atoms with van der Waals surface area (Å²) in [5.41, 5.74) is 3.34. The first-order chi connectivity index (χ1) is 13.4. The van der Waals surface area contributed by atoms with Gasteiger partial charge in [-0.2, -0.15) is 0 Å². The number of hydrogen-bond acceptors (Lipinski definition) is 3. The van der Waals surface area contributed by atoms with Crippen molar-refractivity contribution in [1.29, 1.82) is 0 Å². The maximum absolute atomic E-state index is 13.0. The zero-order valence-corrected chi connectivity index (χ0v) is 17.4. The second-order valence-corrected chi connectivity index (χ2v) is 7.17. The van der Waals surface area contributed by atoms with Gasteiger partial charge in [-0.05, 0) is 54.7 Å². The number of benzene rings is 2. The van der Waals surface area contributed by atoms with Crippen molar-refractivity contribution in [2.24, 2.45) is 0 Å². The molecule has 0 aromatic heterocycles. The van der Waals surface area contributed by atoms with Crippen LogP contribution >= 0.6 is 0 Å². The predicted molar refractivity (Wildman–Crippen MR) is 113 cm³/mol. The number of hydrogen-bond donors (Lipinski definition) is 2. The zero-order chi connectivity index (χ0) is 20.7. The number of ether oxygens (including phenoxy) is 1. The van der Waals surface area contributed by atoms with E-state index >= 15 is 0 Å². The van der Waals surface area contributed by atoms with Crippen molar-refractivity contribution in [3.8, 4) is 5.75 Å². The number of aryl methyl sites for hydroxylation is 1. The summed E-state index contributed by atoms with van der Waals surface area (Å²) in [4.78, 5) is 25.4. The molecule has 2 amide bonds. The molecule has 5 heteroatoms. The molecule has 0 atom stereocenters. The molecule has 28 heavy (non-hydrogen) atoms. The van der Waals surface area contributed by atoms with Crippen molar-refractivity contribution in [2.45, 2.75) is 46.5 Å². The SMILES string of the molecule is CCCCNC(=O)c1ccccc1NC(=O)c1cc(C(C)C)c(OC)cc1C. The lowest BCUT2D eigenvalue weighted by atomic mass is 9.96. The number of amides is 2. The minimum atomic E-state index is -0.240. The lowest BCUT2D eigenvalue weighted by molar-refractivity contribution is 0.0954. The molecule has 0 radical (unpaired) electrons. The topological polar surface area (TPSA) is 67.4 Å². The van der Waals surface area contributed by atoms with Gasteiger partial charge in [-0.25, -0.2) is 0 Å². The summed E-state index contributed by atoms with van der Waals surface area (Å²) in [5.74, 6) is 0.577. The average molecular weight is 383 g/mol. The number of unbranched alkanes of at least 4 members (excludes halogenated alkanes) is 1. The van der Waals surface area contributed by atoms with Gasteiger partial charge in [0, 0.05) is 12.1 Å². The molecule has 2 N–H and O–H groups in total. The van der Waals surface area contributed by atoms with Gasteiger partial charge in [-0.1, -0.05) is 39.3 Å². The van der Waals surface area contributed by atoms with Crippen LogP contribution in [0.4, 0.5) is 5.69 Å². The Morgan fingerprint density at radius 1 is 1.07 bits per heavy atom. The fourth-order valence-corrected chi connectivity index (χ4v) is 3.02. The lowest BCUT2D eigenvalue weighted by Gasteiger charge is -2.17. The van der Waals surface area contributed by atoms with E-state index in [0.29, 0.717) is 23.4 Å². The smallest absolute Gasteiger partial charge is 0.255 e. The quantitative estimate of drug-likeness (QED) is 0.638. The van der Waals surface area contributed by atoms with Gasteiger partial charge in [0.15, 0.2) is 0 Å². The molecule has 0 spiro atoms. The molecule has 0 saturated heterocycles. The molecule has 2 aromatic rings. The highest BCUT2D eigenvalue weighted by Gasteiger charge is 2.18. The van der Waals surface area contributed by atoms with Gasteiger partial charge in [-0.3, -0.25) is 9.59 Å². The van der Waals surface area contributed by atoms with E-state index in [9.17, 15) is 9.59 Å². The van der Waals surface area contributed by atoms with Gasteiger partial charge in [0.25, 0.3) is 11.8 Å². The van der Waals surface area contributed by atoms with Gasteiger partial charge in [0.2, 0.25) is 0 Å². The van der Waals surface area contributed by atoms with E-state index in [4.69, 9.17) is 4.74 Å². The first-order valence-electron chi connectivity index (χ1n) is 9.76. The third kappa shape index (κ3) is 5.12. The first kappa shape index (κ1) is 21.5. The second kappa shape index (κ2) is 9.93. The highest BCUT2D eigenvalue weighted by atomic mass is 16.5. The van der Waals surface area contributed by atoms with E-state index in [2.05, 4.69) is 31.4 Å². The van der Waals surface area contributed by atoms with Crippen LogP contribution in [0.3, 0.4) is 0 Å². The Balaban J connectivity index is 2.29. The van der Waals surface area contributed by atoms with Crippen molar-refractivity contribution in [2.75, 3.05) is 19.0 Å². The summed E-state index contributed by atoms with van der Waals surface area (Å²) >= 11 is 0. The molecule has 2 rings (SSSR count). The maximum atomic E-state index is 13.0. The summed E-state index contributed by atoms with van der Waals surface area (Å²) in [6, 6.07) is 10.8. The van der Waals surface area contributed by atoms with E-state index in [0.717, 1.165) is 29.7 Å².